The highest BCUT2D eigenvalue weighted by Crippen LogP contribution is 2.28. The number of thioether (sulfide) groups is 1. The van der Waals surface area contributed by atoms with E-state index in [9.17, 15) is 0 Å². The molecule has 0 N–H and O–H groups in total. The Kier molecular flexibility index (Phi) is 7.32. The van der Waals surface area contributed by atoms with E-state index in [0.29, 0.717) is 23.3 Å². The second kappa shape index (κ2) is 8.22. The van der Waals surface area contributed by atoms with Gasteiger partial charge in [-0.3, -0.25) is 0 Å². The van der Waals surface area contributed by atoms with Crippen molar-refractivity contribution in [3.05, 3.63) is 28.2 Å². The molecule has 0 atom stereocenters. The van der Waals surface area contributed by atoms with Crippen LogP contribution in [0.1, 0.15) is 13.8 Å². The summed E-state index contributed by atoms with van der Waals surface area (Å²) < 4.78 is 10.9. The largest absolute Gasteiger partial charge is 0.352 e. The Morgan fingerprint density at radius 2 is 1.76 bits per heavy atom. The van der Waals surface area contributed by atoms with Crippen LogP contribution in [0.15, 0.2) is 23.1 Å². The second-order valence-corrected chi connectivity index (χ2v) is 5.13. The van der Waals surface area contributed by atoms with Crippen LogP contribution in [-0.2, 0) is 9.47 Å². The quantitative estimate of drug-likeness (QED) is 0.545. The van der Waals surface area contributed by atoms with Crippen LogP contribution in [0.3, 0.4) is 0 Å². The van der Waals surface area contributed by atoms with E-state index in [-0.39, 0.29) is 6.29 Å². The molecular weight excluding hydrogens is 279 g/mol. The molecule has 96 valence electrons. The Hall–Kier alpha value is 0.0700. The summed E-state index contributed by atoms with van der Waals surface area (Å²) in [6.45, 7) is 5.20. The highest BCUT2D eigenvalue weighted by Gasteiger charge is 2.09. The number of hydrogen-bond acceptors (Lipinski definition) is 3. The highest BCUT2D eigenvalue weighted by atomic mass is 35.5. The van der Waals surface area contributed by atoms with E-state index < -0.39 is 0 Å². The topological polar surface area (TPSA) is 18.5 Å². The standard InChI is InChI=1S/C12H16Cl2O2S/c1-3-15-12(16-4-2)8-17-9-5-6-10(13)11(14)7-9/h5-7,12H,3-4,8H2,1-2H3. The van der Waals surface area contributed by atoms with Gasteiger partial charge < -0.3 is 9.47 Å². The maximum atomic E-state index is 5.94. The molecule has 0 aliphatic rings. The molecule has 5 heteroatoms. The fourth-order valence-corrected chi connectivity index (χ4v) is 2.50. The summed E-state index contributed by atoms with van der Waals surface area (Å²) in [5.74, 6) is 0.736. The third kappa shape index (κ3) is 5.49. The second-order valence-electron chi connectivity index (χ2n) is 3.23. The molecule has 1 rings (SSSR count). The molecule has 0 aliphatic carbocycles. The predicted octanol–water partition coefficient (Wildman–Crippen LogP) is 4.48. The fraction of sp³-hybridized carbons (Fsp3) is 0.500. The van der Waals surface area contributed by atoms with Gasteiger partial charge in [-0.2, -0.15) is 0 Å². The van der Waals surface area contributed by atoms with Gasteiger partial charge in [0.05, 0.1) is 10.0 Å². The van der Waals surface area contributed by atoms with Crippen LogP contribution < -0.4 is 0 Å². The first-order chi connectivity index (χ1) is 8.17. The summed E-state index contributed by atoms with van der Waals surface area (Å²) in [5.41, 5.74) is 0. The highest BCUT2D eigenvalue weighted by molar-refractivity contribution is 7.99. The maximum absolute atomic E-state index is 5.94. The summed E-state index contributed by atoms with van der Waals surface area (Å²) in [4.78, 5) is 1.06. The van der Waals surface area contributed by atoms with Gasteiger partial charge in [-0.05, 0) is 32.0 Å². The molecule has 17 heavy (non-hydrogen) atoms. The van der Waals surface area contributed by atoms with E-state index in [4.69, 9.17) is 32.7 Å². The summed E-state index contributed by atoms with van der Waals surface area (Å²) in [7, 11) is 0. The van der Waals surface area contributed by atoms with Crippen molar-refractivity contribution in [1.82, 2.24) is 0 Å². The van der Waals surface area contributed by atoms with Crippen LogP contribution in [0.25, 0.3) is 0 Å². The van der Waals surface area contributed by atoms with Gasteiger partial charge in [-0.15, -0.1) is 11.8 Å². The minimum Gasteiger partial charge on any atom is -0.352 e. The van der Waals surface area contributed by atoms with Crippen molar-refractivity contribution in [1.29, 1.82) is 0 Å². The first-order valence-corrected chi connectivity index (χ1v) is 7.22. The lowest BCUT2D eigenvalue weighted by atomic mass is 10.4. The minimum atomic E-state index is -0.176. The molecule has 0 bridgehead atoms. The van der Waals surface area contributed by atoms with Gasteiger partial charge in [-0.25, -0.2) is 0 Å². The molecule has 0 heterocycles. The number of rotatable bonds is 7. The lowest BCUT2D eigenvalue weighted by Crippen LogP contribution is -2.19. The van der Waals surface area contributed by atoms with Gasteiger partial charge >= 0.3 is 0 Å². The summed E-state index contributed by atoms with van der Waals surface area (Å²) >= 11 is 13.4. The van der Waals surface area contributed by atoms with Crippen LogP contribution in [-0.4, -0.2) is 25.3 Å². The lowest BCUT2D eigenvalue weighted by molar-refractivity contribution is -0.120. The average molecular weight is 295 g/mol. The molecule has 0 unspecified atom stereocenters. The Labute approximate surface area is 117 Å². The molecule has 0 spiro atoms. The SMILES string of the molecule is CCOC(CSc1ccc(Cl)c(Cl)c1)OCC. The number of benzene rings is 1. The van der Waals surface area contributed by atoms with Crippen molar-refractivity contribution in [3.63, 3.8) is 0 Å². The molecule has 0 radical (unpaired) electrons. The van der Waals surface area contributed by atoms with Crippen LogP contribution in [0, 0.1) is 0 Å². The zero-order valence-corrected chi connectivity index (χ0v) is 12.2. The van der Waals surface area contributed by atoms with E-state index in [1.54, 1.807) is 17.8 Å². The molecule has 0 amide bonds. The van der Waals surface area contributed by atoms with Crippen LogP contribution >= 0.6 is 35.0 Å². The molecular formula is C12H16Cl2O2S. The average Bonchev–Trinajstić information content (AvgIpc) is 2.31. The first-order valence-electron chi connectivity index (χ1n) is 5.48. The molecule has 1 aromatic carbocycles. The van der Waals surface area contributed by atoms with Crippen LogP contribution in [0.5, 0.6) is 0 Å². The van der Waals surface area contributed by atoms with Gasteiger partial charge in [-0.1, -0.05) is 23.2 Å². The third-order valence-electron chi connectivity index (χ3n) is 1.98. The van der Waals surface area contributed by atoms with Gasteiger partial charge in [0.25, 0.3) is 0 Å². The Bertz CT molecular complexity index is 341. The number of hydrogen-bond donors (Lipinski definition) is 0. The smallest absolute Gasteiger partial charge is 0.166 e. The summed E-state index contributed by atoms with van der Waals surface area (Å²) in [6.07, 6.45) is -0.176. The zero-order valence-electron chi connectivity index (χ0n) is 9.91. The minimum absolute atomic E-state index is 0.176. The summed E-state index contributed by atoms with van der Waals surface area (Å²) in [5, 5.41) is 1.14. The maximum Gasteiger partial charge on any atom is 0.166 e. The van der Waals surface area contributed by atoms with Crippen molar-refractivity contribution in [2.75, 3.05) is 19.0 Å². The predicted molar refractivity (Wildman–Crippen MR) is 74.2 cm³/mol. The van der Waals surface area contributed by atoms with E-state index in [0.717, 1.165) is 10.6 Å². The molecule has 0 saturated carbocycles. The first kappa shape index (κ1) is 15.1. The van der Waals surface area contributed by atoms with Crippen LogP contribution in [0.4, 0.5) is 0 Å². The van der Waals surface area contributed by atoms with E-state index >= 15 is 0 Å². The van der Waals surface area contributed by atoms with Crippen LogP contribution in [0.2, 0.25) is 10.0 Å². The van der Waals surface area contributed by atoms with Crippen molar-refractivity contribution >= 4 is 35.0 Å². The Morgan fingerprint density at radius 1 is 1.12 bits per heavy atom. The Balaban J connectivity index is 2.49. The van der Waals surface area contributed by atoms with E-state index in [1.165, 1.54) is 0 Å². The molecule has 0 saturated heterocycles. The number of ether oxygens (including phenoxy) is 2. The van der Waals surface area contributed by atoms with Crippen molar-refractivity contribution < 1.29 is 9.47 Å². The fourth-order valence-electron chi connectivity index (χ4n) is 1.25. The number of halogens is 2. The van der Waals surface area contributed by atoms with E-state index in [1.807, 2.05) is 26.0 Å². The molecule has 1 aromatic rings. The Morgan fingerprint density at radius 3 is 2.29 bits per heavy atom. The normalized spacial score (nSPS) is 11.1. The molecule has 0 aliphatic heterocycles. The third-order valence-corrected chi connectivity index (χ3v) is 3.75. The molecule has 2 nitrogen and oxygen atoms in total. The van der Waals surface area contributed by atoms with E-state index in [2.05, 4.69) is 0 Å². The summed E-state index contributed by atoms with van der Waals surface area (Å²) in [6, 6.07) is 5.58. The zero-order chi connectivity index (χ0) is 12.7. The van der Waals surface area contributed by atoms with Crippen molar-refractivity contribution in [2.45, 2.75) is 25.0 Å². The monoisotopic (exact) mass is 294 g/mol. The lowest BCUT2D eigenvalue weighted by Gasteiger charge is -2.16. The van der Waals surface area contributed by atoms with Gasteiger partial charge in [0.2, 0.25) is 0 Å². The van der Waals surface area contributed by atoms with Gasteiger partial charge in [0.1, 0.15) is 0 Å². The van der Waals surface area contributed by atoms with Gasteiger partial charge in [0, 0.05) is 23.9 Å². The van der Waals surface area contributed by atoms with Gasteiger partial charge in [0.15, 0.2) is 6.29 Å². The van der Waals surface area contributed by atoms with Crippen molar-refractivity contribution in [3.8, 4) is 0 Å². The molecule has 0 aromatic heterocycles. The molecule has 0 fully saturated rings. The van der Waals surface area contributed by atoms with Crippen molar-refractivity contribution in [2.24, 2.45) is 0 Å².